The molecule has 53 heavy (non-hydrogen) atoms. The Morgan fingerprint density at radius 2 is 1.49 bits per heavy atom. The van der Waals surface area contributed by atoms with E-state index in [-0.39, 0.29) is 31.2 Å². The average molecular weight is 717 g/mol. The molecule has 1 aromatic heterocycles. The van der Waals surface area contributed by atoms with Gasteiger partial charge in [-0.3, -0.25) is 14.4 Å². The molecular weight excluding hydrogens is 665 g/mol. The highest BCUT2D eigenvalue weighted by Crippen LogP contribution is 2.23. The van der Waals surface area contributed by atoms with E-state index in [1.807, 2.05) is 117 Å². The zero-order valence-corrected chi connectivity index (χ0v) is 30.6. The number of rotatable bonds is 20. The van der Waals surface area contributed by atoms with Crippen molar-refractivity contribution in [3.8, 4) is 0 Å². The second-order valence-corrected chi connectivity index (χ2v) is 14.1. The Hall–Kier alpha value is -5.32. The minimum absolute atomic E-state index is 0.0516. The van der Waals surface area contributed by atoms with Gasteiger partial charge in [-0.15, -0.1) is 0 Å². The molecule has 5 aromatic rings. The van der Waals surface area contributed by atoms with E-state index >= 15 is 0 Å². The Labute approximate surface area is 312 Å². The summed E-state index contributed by atoms with van der Waals surface area (Å²) >= 11 is 0. The van der Waals surface area contributed by atoms with Crippen molar-refractivity contribution >= 4 is 28.5 Å². The molecule has 2 unspecified atom stereocenters. The van der Waals surface area contributed by atoms with Gasteiger partial charge in [0.15, 0.2) is 0 Å². The number of benzene rings is 4. The molecule has 4 aromatic carbocycles. The maximum Gasteiger partial charge on any atom is 0.243 e. The summed E-state index contributed by atoms with van der Waals surface area (Å²) < 4.78 is 0. The van der Waals surface area contributed by atoms with Crippen LogP contribution in [-0.2, 0) is 40.2 Å². The van der Waals surface area contributed by atoms with Crippen LogP contribution in [0.2, 0.25) is 0 Å². The molecule has 6 N–H and O–H groups in total. The Bertz CT molecular complexity index is 1860. The number of nitrogens with zero attached hydrogens (tertiary/aromatic N) is 1. The molecule has 1 heterocycles. The van der Waals surface area contributed by atoms with Gasteiger partial charge in [0, 0.05) is 44.4 Å². The van der Waals surface area contributed by atoms with Gasteiger partial charge in [0.1, 0.15) is 6.04 Å². The first kappa shape index (κ1) is 38.9. The van der Waals surface area contributed by atoms with E-state index < -0.39 is 35.9 Å². The quantitative estimate of drug-likeness (QED) is 0.0677. The minimum Gasteiger partial charge on any atom is -0.390 e. The lowest BCUT2D eigenvalue weighted by Gasteiger charge is -2.29. The summed E-state index contributed by atoms with van der Waals surface area (Å²) in [7, 11) is 0. The lowest BCUT2D eigenvalue weighted by Crippen LogP contribution is -2.56. The van der Waals surface area contributed by atoms with Gasteiger partial charge in [-0.1, -0.05) is 117 Å². The van der Waals surface area contributed by atoms with Crippen LogP contribution in [0.5, 0.6) is 0 Å². The fraction of sp³-hybridized carbons (Fsp3) is 0.349. The van der Waals surface area contributed by atoms with Gasteiger partial charge in [-0.2, -0.15) is 0 Å². The van der Waals surface area contributed by atoms with Crippen molar-refractivity contribution in [1.29, 1.82) is 0 Å². The molecule has 0 radical (unpaired) electrons. The highest BCUT2D eigenvalue weighted by molar-refractivity contribution is 5.92. The second kappa shape index (κ2) is 20.1. The van der Waals surface area contributed by atoms with Crippen molar-refractivity contribution in [2.45, 2.75) is 70.7 Å². The van der Waals surface area contributed by atoms with Crippen molar-refractivity contribution in [2.24, 2.45) is 11.8 Å². The largest absolute Gasteiger partial charge is 0.390 e. The lowest BCUT2D eigenvalue weighted by atomic mass is 9.91. The third-order valence-corrected chi connectivity index (χ3v) is 9.38. The SMILES string of the molecule is CC(C)C[C@H](NC(=O)[C@H](Cc1cnc[nH]1)NC(=O)C(CC(=O)NCCc1ccccc1)Cc1cccc2ccccc12)C(O)CNCc1ccccc1. The number of aliphatic hydroxyl groups excluding tert-OH is 1. The fourth-order valence-electron chi connectivity index (χ4n) is 6.60. The van der Waals surface area contributed by atoms with Crippen molar-refractivity contribution in [2.75, 3.05) is 13.1 Å². The van der Waals surface area contributed by atoms with Crippen LogP contribution in [-0.4, -0.2) is 64.1 Å². The van der Waals surface area contributed by atoms with Crippen LogP contribution in [0.4, 0.5) is 0 Å². The number of imidazole rings is 1. The zero-order chi connectivity index (χ0) is 37.4. The molecule has 3 amide bonds. The number of aliphatic hydroxyl groups is 1. The second-order valence-electron chi connectivity index (χ2n) is 14.1. The summed E-state index contributed by atoms with van der Waals surface area (Å²) in [4.78, 5) is 48.9. The standard InChI is InChI=1S/C43H52N6O4/c1-30(2)22-38(40(50)28-44-26-32-14-7-4-8-15-32)48-43(53)39(25-36-27-45-29-47-36)49-42(52)35(23-34-18-11-17-33-16-9-10-19-37(33)34)24-41(51)46-21-20-31-12-5-3-6-13-31/h3-19,27,29-30,35,38-40,44,50H,20-26,28H2,1-2H3,(H,45,47)(H,46,51)(H,48,53)(H,49,52)/t35?,38-,39-,40?/m0/s1. The Morgan fingerprint density at radius 3 is 2.21 bits per heavy atom. The predicted molar refractivity (Wildman–Crippen MR) is 209 cm³/mol. The fourth-order valence-corrected chi connectivity index (χ4v) is 6.60. The van der Waals surface area contributed by atoms with E-state index in [1.54, 1.807) is 6.20 Å². The van der Waals surface area contributed by atoms with Crippen molar-refractivity contribution in [1.82, 2.24) is 31.2 Å². The number of H-pyrrole nitrogens is 1. The summed E-state index contributed by atoms with van der Waals surface area (Å²) in [5, 5.41) is 25.7. The van der Waals surface area contributed by atoms with Crippen LogP contribution in [0.15, 0.2) is 116 Å². The van der Waals surface area contributed by atoms with Gasteiger partial charge in [0.05, 0.1) is 24.4 Å². The molecule has 0 aliphatic rings. The first-order chi connectivity index (χ1) is 25.7. The summed E-state index contributed by atoms with van der Waals surface area (Å²) in [6.45, 7) is 5.37. The molecule has 0 saturated carbocycles. The first-order valence-electron chi connectivity index (χ1n) is 18.5. The molecule has 10 nitrogen and oxygen atoms in total. The van der Waals surface area contributed by atoms with Crippen molar-refractivity contribution in [3.05, 3.63) is 138 Å². The molecular formula is C43H52N6O4. The van der Waals surface area contributed by atoms with Crippen LogP contribution in [0.3, 0.4) is 0 Å². The number of nitrogens with one attached hydrogen (secondary N) is 5. The smallest absolute Gasteiger partial charge is 0.243 e. The highest BCUT2D eigenvalue weighted by atomic mass is 16.3. The number of carbonyl (C=O) groups excluding carboxylic acids is 3. The summed E-state index contributed by atoms with van der Waals surface area (Å²) in [6.07, 6.45) is 3.89. The number of aromatic amines is 1. The van der Waals surface area contributed by atoms with Gasteiger partial charge in [0.25, 0.3) is 0 Å². The first-order valence-corrected chi connectivity index (χ1v) is 18.5. The van der Waals surface area contributed by atoms with Gasteiger partial charge in [-0.25, -0.2) is 4.98 Å². The van der Waals surface area contributed by atoms with E-state index in [0.29, 0.717) is 38.0 Å². The van der Waals surface area contributed by atoms with Crippen LogP contribution >= 0.6 is 0 Å². The van der Waals surface area contributed by atoms with Crippen LogP contribution in [0, 0.1) is 11.8 Å². The van der Waals surface area contributed by atoms with Crippen LogP contribution in [0.1, 0.15) is 49.1 Å². The maximum absolute atomic E-state index is 14.3. The van der Waals surface area contributed by atoms with E-state index in [4.69, 9.17) is 0 Å². The van der Waals surface area contributed by atoms with Crippen LogP contribution < -0.4 is 21.3 Å². The summed E-state index contributed by atoms with van der Waals surface area (Å²) in [5.41, 5.74) is 3.81. The number of aromatic nitrogens is 2. The number of amides is 3. The highest BCUT2D eigenvalue weighted by Gasteiger charge is 2.31. The van der Waals surface area contributed by atoms with Crippen molar-refractivity contribution in [3.63, 3.8) is 0 Å². The van der Waals surface area contributed by atoms with Crippen LogP contribution in [0.25, 0.3) is 10.8 Å². The summed E-state index contributed by atoms with van der Waals surface area (Å²) in [6, 6.07) is 32.2. The molecule has 278 valence electrons. The molecule has 5 rings (SSSR count). The van der Waals surface area contributed by atoms with E-state index in [1.165, 1.54) is 6.33 Å². The Balaban J connectivity index is 1.31. The van der Waals surface area contributed by atoms with E-state index in [9.17, 15) is 19.5 Å². The maximum atomic E-state index is 14.3. The van der Waals surface area contributed by atoms with E-state index in [2.05, 4.69) is 31.2 Å². The van der Waals surface area contributed by atoms with Crippen molar-refractivity contribution < 1.29 is 19.5 Å². The Kier molecular flexibility index (Phi) is 14.7. The van der Waals surface area contributed by atoms with Gasteiger partial charge in [-0.05, 0) is 52.6 Å². The van der Waals surface area contributed by atoms with Gasteiger partial charge in [0.2, 0.25) is 17.7 Å². The number of carbonyl (C=O) groups is 3. The number of hydrogen-bond donors (Lipinski definition) is 6. The molecule has 0 bridgehead atoms. The number of hydrogen-bond acceptors (Lipinski definition) is 6. The number of fused-ring (bicyclic) bond motifs is 1. The monoisotopic (exact) mass is 716 g/mol. The predicted octanol–water partition coefficient (Wildman–Crippen LogP) is 4.88. The normalized spacial score (nSPS) is 13.6. The molecule has 0 fully saturated rings. The zero-order valence-electron chi connectivity index (χ0n) is 30.6. The molecule has 4 atom stereocenters. The van der Waals surface area contributed by atoms with Gasteiger partial charge >= 0.3 is 0 Å². The van der Waals surface area contributed by atoms with Gasteiger partial charge < -0.3 is 31.4 Å². The van der Waals surface area contributed by atoms with E-state index in [0.717, 1.165) is 27.5 Å². The molecule has 0 aliphatic carbocycles. The third kappa shape index (κ3) is 12.4. The average Bonchev–Trinajstić information content (AvgIpc) is 3.68. The molecule has 0 aliphatic heterocycles. The summed E-state index contributed by atoms with van der Waals surface area (Å²) in [5.74, 6) is -1.62. The Morgan fingerprint density at radius 1 is 0.792 bits per heavy atom. The third-order valence-electron chi connectivity index (χ3n) is 9.38. The molecule has 0 spiro atoms. The topological polar surface area (TPSA) is 148 Å². The molecule has 10 heteroatoms. The molecule has 0 saturated heterocycles. The lowest BCUT2D eigenvalue weighted by molar-refractivity contribution is -0.133. The minimum atomic E-state index is -0.988.